The van der Waals surface area contributed by atoms with E-state index in [1.807, 2.05) is 18.4 Å². The van der Waals surface area contributed by atoms with Gasteiger partial charge >= 0.3 is 0 Å². The molecular formula is C12H12FNS. The maximum Gasteiger partial charge on any atom is 0.125 e. The van der Waals surface area contributed by atoms with E-state index in [9.17, 15) is 4.39 Å². The van der Waals surface area contributed by atoms with Gasteiger partial charge in [-0.3, -0.25) is 0 Å². The molecule has 0 amide bonds. The minimum Gasteiger partial charge on any atom is -0.380 e. The van der Waals surface area contributed by atoms with Crippen molar-refractivity contribution in [2.45, 2.75) is 13.5 Å². The molecule has 1 nitrogen and oxygen atoms in total. The van der Waals surface area contributed by atoms with Crippen LogP contribution >= 0.6 is 11.3 Å². The van der Waals surface area contributed by atoms with E-state index in [-0.39, 0.29) is 5.82 Å². The highest BCUT2D eigenvalue weighted by Crippen LogP contribution is 2.18. The van der Waals surface area contributed by atoms with Crippen LogP contribution in [0.1, 0.15) is 10.4 Å². The Morgan fingerprint density at radius 2 is 2.20 bits per heavy atom. The fourth-order valence-corrected chi connectivity index (χ4v) is 2.02. The predicted molar refractivity (Wildman–Crippen MR) is 62.8 cm³/mol. The molecule has 0 aliphatic carbocycles. The molecular weight excluding hydrogens is 209 g/mol. The molecule has 1 heterocycles. The van der Waals surface area contributed by atoms with Crippen molar-refractivity contribution in [2.24, 2.45) is 0 Å². The van der Waals surface area contributed by atoms with Crippen LogP contribution in [0, 0.1) is 12.7 Å². The zero-order valence-corrected chi connectivity index (χ0v) is 9.27. The molecule has 0 aliphatic rings. The molecule has 0 atom stereocenters. The summed E-state index contributed by atoms with van der Waals surface area (Å²) in [5.41, 5.74) is 1.93. The Bertz CT molecular complexity index is 437. The summed E-state index contributed by atoms with van der Waals surface area (Å²) in [7, 11) is 0. The van der Waals surface area contributed by atoms with E-state index >= 15 is 0 Å². The number of halogens is 1. The van der Waals surface area contributed by atoms with Crippen LogP contribution in [0.5, 0.6) is 0 Å². The van der Waals surface area contributed by atoms with Gasteiger partial charge in [-0.05, 0) is 36.1 Å². The fraction of sp³-hybridized carbons (Fsp3) is 0.167. The van der Waals surface area contributed by atoms with Crippen LogP contribution in [0.2, 0.25) is 0 Å². The van der Waals surface area contributed by atoms with Crippen molar-refractivity contribution in [2.75, 3.05) is 5.32 Å². The van der Waals surface area contributed by atoms with Crippen molar-refractivity contribution in [1.82, 2.24) is 0 Å². The quantitative estimate of drug-likeness (QED) is 0.831. The maximum atomic E-state index is 13.0. The summed E-state index contributed by atoms with van der Waals surface area (Å²) in [6.07, 6.45) is 0. The molecule has 1 aromatic carbocycles. The van der Waals surface area contributed by atoms with E-state index in [2.05, 4.69) is 11.4 Å². The van der Waals surface area contributed by atoms with Crippen molar-refractivity contribution >= 4 is 17.0 Å². The van der Waals surface area contributed by atoms with Crippen LogP contribution in [-0.2, 0) is 6.54 Å². The Labute approximate surface area is 92.6 Å². The molecule has 15 heavy (non-hydrogen) atoms. The molecule has 0 spiro atoms. The van der Waals surface area contributed by atoms with Gasteiger partial charge in [0.2, 0.25) is 0 Å². The second kappa shape index (κ2) is 4.45. The Balaban J connectivity index is 2.07. The lowest BCUT2D eigenvalue weighted by molar-refractivity contribution is 0.628. The first kappa shape index (κ1) is 10.2. The molecule has 1 N–H and O–H groups in total. The van der Waals surface area contributed by atoms with E-state index in [0.717, 1.165) is 17.8 Å². The van der Waals surface area contributed by atoms with Gasteiger partial charge in [0.25, 0.3) is 0 Å². The zero-order valence-electron chi connectivity index (χ0n) is 8.46. The summed E-state index contributed by atoms with van der Waals surface area (Å²) >= 11 is 1.70. The third-order valence-corrected chi connectivity index (χ3v) is 3.11. The first-order valence-corrected chi connectivity index (χ1v) is 5.66. The van der Waals surface area contributed by atoms with E-state index in [1.165, 1.54) is 17.0 Å². The lowest BCUT2D eigenvalue weighted by Gasteiger charge is -2.08. The lowest BCUT2D eigenvalue weighted by Crippen LogP contribution is -1.99. The van der Waals surface area contributed by atoms with Gasteiger partial charge in [-0.1, -0.05) is 12.1 Å². The monoisotopic (exact) mass is 221 g/mol. The van der Waals surface area contributed by atoms with Crippen molar-refractivity contribution in [3.8, 4) is 0 Å². The normalized spacial score (nSPS) is 10.3. The molecule has 2 rings (SSSR count). The molecule has 0 fully saturated rings. The smallest absolute Gasteiger partial charge is 0.125 e. The zero-order chi connectivity index (χ0) is 10.7. The number of hydrogen-bond acceptors (Lipinski definition) is 2. The Kier molecular flexibility index (Phi) is 3.02. The van der Waals surface area contributed by atoms with Gasteiger partial charge in [0.05, 0.1) is 0 Å². The minimum absolute atomic E-state index is 0.200. The number of benzene rings is 1. The van der Waals surface area contributed by atoms with Crippen molar-refractivity contribution in [3.63, 3.8) is 0 Å². The maximum absolute atomic E-state index is 13.0. The average molecular weight is 221 g/mol. The van der Waals surface area contributed by atoms with E-state index in [1.54, 1.807) is 17.4 Å². The number of rotatable bonds is 3. The molecule has 1 aromatic heterocycles. The van der Waals surface area contributed by atoms with Crippen molar-refractivity contribution < 1.29 is 4.39 Å². The summed E-state index contributed by atoms with van der Waals surface area (Å²) in [5, 5.41) is 5.26. The van der Waals surface area contributed by atoms with Crippen LogP contribution in [0.4, 0.5) is 10.1 Å². The highest BCUT2D eigenvalue weighted by molar-refractivity contribution is 7.09. The standard InChI is InChI=1S/C12H12FNS/c1-9-4-5-10(13)7-12(9)14-8-11-3-2-6-15-11/h2-7,14H,8H2,1H3. The van der Waals surface area contributed by atoms with Crippen LogP contribution in [0.3, 0.4) is 0 Å². The Hall–Kier alpha value is -1.35. The molecule has 2 aromatic rings. The summed E-state index contributed by atoms with van der Waals surface area (Å²) in [6.45, 7) is 2.72. The number of nitrogens with one attached hydrogen (secondary N) is 1. The van der Waals surface area contributed by atoms with Gasteiger partial charge in [-0.2, -0.15) is 0 Å². The molecule has 0 radical (unpaired) electrons. The summed E-state index contributed by atoms with van der Waals surface area (Å²) in [6, 6.07) is 8.87. The lowest BCUT2D eigenvalue weighted by atomic mass is 10.2. The summed E-state index contributed by atoms with van der Waals surface area (Å²) < 4.78 is 13.0. The first-order valence-electron chi connectivity index (χ1n) is 4.78. The highest BCUT2D eigenvalue weighted by Gasteiger charge is 2.00. The summed E-state index contributed by atoms with van der Waals surface area (Å²) in [5.74, 6) is -0.200. The summed E-state index contributed by atoms with van der Waals surface area (Å²) in [4.78, 5) is 1.25. The van der Waals surface area contributed by atoms with Crippen LogP contribution in [0.25, 0.3) is 0 Å². The third-order valence-electron chi connectivity index (χ3n) is 2.23. The number of aryl methyl sites for hydroxylation is 1. The third kappa shape index (κ3) is 2.57. The van der Waals surface area contributed by atoms with Gasteiger partial charge in [-0.25, -0.2) is 4.39 Å². The number of anilines is 1. The first-order chi connectivity index (χ1) is 7.25. The second-order valence-corrected chi connectivity index (χ2v) is 4.42. The van der Waals surface area contributed by atoms with Gasteiger partial charge < -0.3 is 5.32 Å². The van der Waals surface area contributed by atoms with Crippen LogP contribution in [-0.4, -0.2) is 0 Å². The Morgan fingerprint density at radius 3 is 2.93 bits per heavy atom. The number of thiophene rings is 1. The molecule has 78 valence electrons. The Morgan fingerprint density at radius 1 is 1.33 bits per heavy atom. The number of hydrogen-bond donors (Lipinski definition) is 1. The van der Waals surface area contributed by atoms with Crippen molar-refractivity contribution in [1.29, 1.82) is 0 Å². The van der Waals surface area contributed by atoms with Crippen LogP contribution < -0.4 is 5.32 Å². The molecule has 3 heteroatoms. The highest BCUT2D eigenvalue weighted by atomic mass is 32.1. The topological polar surface area (TPSA) is 12.0 Å². The average Bonchev–Trinajstić information content (AvgIpc) is 2.72. The van der Waals surface area contributed by atoms with Crippen LogP contribution in [0.15, 0.2) is 35.7 Å². The fourth-order valence-electron chi connectivity index (χ4n) is 1.38. The van der Waals surface area contributed by atoms with Gasteiger partial charge in [0, 0.05) is 17.1 Å². The van der Waals surface area contributed by atoms with Gasteiger partial charge in [0.15, 0.2) is 0 Å². The van der Waals surface area contributed by atoms with Gasteiger partial charge in [0.1, 0.15) is 5.82 Å². The molecule has 0 unspecified atom stereocenters. The molecule has 0 saturated heterocycles. The SMILES string of the molecule is Cc1ccc(F)cc1NCc1cccs1. The molecule has 0 aliphatic heterocycles. The van der Waals surface area contributed by atoms with Gasteiger partial charge in [-0.15, -0.1) is 11.3 Å². The second-order valence-electron chi connectivity index (χ2n) is 3.39. The minimum atomic E-state index is -0.200. The molecule has 0 saturated carbocycles. The largest absolute Gasteiger partial charge is 0.380 e. The predicted octanol–water partition coefficient (Wildman–Crippen LogP) is 3.81. The molecule has 0 bridgehead atoms. The van der Waals surface area contributed by atoms with E-state index in [0.29, 0.717) is 0 Å². The van der Waals surface area contributed by atoms with Crippen molar-refractivity contribution in [3.05, 3.63) is 52.0 Å². The van der Waals surface area contributed by atoms with E-state index in [4.69, 9.17) is 0 Å². The van der Waals surface area contributed by atoms with E-state index < -0.39 is 0 Å².